The fraction of sp³-hybridized carbons (Fsp3) is 0.389. The molecule has 3 aromatic rings. The number of hydrogen-bond donors (Lipinski definition) is 0. The number of fused-ring (bicyclic) bond motifs is 3. The number of imidazole rings is 1. The van der Waals surface area contributed by atoms with Crippen LogP contribution in [0.5, 0.6) is 0 Å². The molecule has 7 nitrogen and oxygen atoms in total. The Morgan fingerprint density at radius 2 is 1.96 bits per heavy atom. The van der Waals surface area contributed by atoms with Crippen molar-refractivity contribution in [2.45, 2.75) is 19.9 Å². The Balaban J connectivity index is 2.18. The number of nitrogens with zero attached hydrogens (tertiary/aromatic N) is 4. The molecule has 0 atom stereocenters. The van der Waals surface area contributed by atoms with Crippen LogP contribution in [0, 0.1) is 0 Å². The molecule has 3 rings (SSSR count). The number of benzene rings is 1. The summed E-state index contributed by atoms with van der Waals surface area (Å²) in [5.41, 5.74) is 1.22. The molecule has 0 unspecified atom stereocenters. The Morgan fingerprint density at radius 1 is 1.24 bits per heavy atom. The van der Waals surface area contributed by atoms with Gasteiger partial charge in [0.25, 0.3) is 5.56 Å². The van der Waals surface area contributed by atoms with Crippen molar-refractivity contribution in [3.8, 4) is 0 Å². The van der Waals surface area contributed by atoms with Crippen molar-refractivity contribution in [3.05, 3.63) is 46.4 Å². The predicted octanol–water partition coefficient (Wildman–Crippen LogP) is 1.78. The predicted molar refractivity (Wildman–Crippen MR) is 96.1 cm³/mol. The normalized spacial score (nSPS) is 11.5. The van der Waals surface area contributed by atoms with Crippen molar-refractivity contribution in [1.82, 2.24) is 18.9 Å². The summed E-state index contributed by atoms with van der Waals surface area (Å²) in [6, 6.07) is 7.63. The van der Waals surface area contributed by atoms with Crippen molar-refractivity contribution >= 4 is 22.8 Å². The van der Waals surface area contributed by atoms with Gasteiger partial charge in [0.1, 0.15) is 5.56 Å². The second-order valence-electron chi connectivity index (χ2n) is 6.13. The van der Waals surface area contributed by atoms with Crippen molar-refractivity contribution < 1.29 is 9.53 Å². The van der Waals surface area contributed by atoms with Gasteiger partial charge < -0.3 is 14.2 Å². The number of para-hydroxylation sites is 2. The molecule has 132 valence electrons. The van der Waals surface area contributed by atoms with E-state index in [0.29, 0.717) is 5.78 Å². The van der Waals surface area contributed by atoms with Crippen LogP contribution in [0.25, 0.3) is 16.8 Å². The van der Waals surface area contributed by atoms with E-state index in [4.69, 9.17) is 4.74 Å². The molecule has 0 saturated heterocycles. The molecular formula is C18H22N4O3. The molecule has 0 bridgehead atoms. The van der Waals surface area contributed by atoms with Gasteiger partial charge >= 0.3 is 5.97 Å². The molecule has 0 N–H and O–H groups in total. The zero-order chi connectivity index (χ0) is 18.0. The second-order valence-corrected chi connectivity index (χ2v) is 6.13. The molecule has 2 aromatic heterocycles. The summed E-state index contributed by atoms with van der Waals surface area (Å²) in [5.74, 6) is -0.100. The van der Waals surface area contributed by atoms with Crippen LogP contribution in [0.2, 0.25) is 0 Å². The molecule has 2 heterocycles. The molecule has 0 aliphatic carbocycles. The number of hydrogen-bond acceptors (Lipinski definition) is 5. The van der Waals surface area contributed by atoms with E-state index >= 15 is 0 Å². The van der Waals surface area contributed by atoms with Crippen LogP contribution in [0.1, 0.15) is 23.7 Å². The van der Waals surface area contributed by atoms with E-state index in [0.717, 1.165) is 30.5 Å². The van der Waals surface area contributed by atoms with Gasteiger partial charge in [0.2, 0.25) is 5.78 Å². The first kappa shape index (κ1) is 17.2. The molecule has 0 spiro atoms. The fourth-order valence-electron chi connectivity index (χ4n) is 2.96. The van der Waals surface area contributed by atoms with Crippen LogP contribution in [0.3, 0.4) is 0 Å². The number of aromatic nitrogens is 3. The maximum Gasteiger partial charge on any atom is 0.345 e. The maximum absolute atomic E-state index is 12.9. The van der Waals surface area contributed by atoms with E-state index in [2.05, 4.69) is 9.88 Å². The first-order valence-electron chi connectivity index (χ1n) is 8.35. The standard InChI is InChI=1S/C18H22N4O3/c1-4-25-17(24)13-12-19-18-21(11-7-10-20(2)3)14-8-5-6-9-15(14)22(18)16(13)23/h5-6,8-9,12H,4,7,10-11H2,1-3H3. The van der Waals surface area contributed by atoms with Gasteiger partial charge in [-0.25, -0.2) is 14.2 Å². The summed E-state index contributed by atoms with van der Waals surface area (Å²) >= 11 is 0. The molecule has 0 radical (unpaired) electrons. The minimum Gasteiger partial charge on any atom is -0.462 e. The summed E-state index contributed by atoms with van der Waals surface area (Å²) < 4.78 is 8.48. The fourth-order valence-corrected chi connectivity index (χ4v) is 2.96. The molecule has 0 aliphatic heterocycles. The monoisotopic (exact) mass is 342 g/mol. The number of ether oxygens (including phenoxy) is 1. The zero-order valence-electron chi connectivity index (χ0n) is 14.7. The Morgan fingerprint density at radius 3 is 2.64 bits per heavy atom. The van der Waals surface area contributed by atoms with Gasteiger partial charge in [0, 0.05) is 6.54 Å². The first-order valence-corrected chi connectivity index (χ1v) is 8.35. The molecule has 0 amide bonds. The maximum atomic E-state index is 12.9. The highest BCUT2D eigenvalue weighted by atomic mass is 16.5. The summed E-state index contributed by atoms with van der Waals surface area (Å²) in [6.07, 6.45) is 2.24. The molecule has 0 fully saturated rings. The summed E-state index contributed by atoms with van der Waals surface area (Å²) in [4.78, 5) is 31.4. The minimum absolute atomic E-state index is 0.0458. The lowest BCUT2D eigenvalue weighted by atomic mass is 10.3. The molecule has 1 aromatic carbocycles. The summed E-state index contributed by atoms with van der Waals surface area (Å²) in [7, 11) is 4.06. The summed E-state index contributed by atoms with van der Waals surface area (Å²) in [5, 5.41) is 0. The van der Waals surface area contributed by atoms with Gasteiger partial charge in [0.05, 0.1) is 23.8 Å². The number of carbonyl (C=O) groups excluding carboxylic acids is 1. The van der Waals surface area contributed by atoms with Gasteiger partial charge in [-0.1, -0.05) is 12.1 Å². The lowest BCUT2D eigenvalue weighted by Crippen LogP contribution is -2.24. The lowest BCUT2D eigenvalue weighted by molar-refractivity contribution is 0.0523. The Kier molecular flexibility index (Phi) is 4.85. The molecule has 25 heavy (non-hydrogen) atoms. The van der Waals surface area contributed by atoms with Crippen molar-refractivity contribution in [3.63, 3.8) is 0 Å². The first-order chi connectivity index (χ1) is 12.0. The third-order valence-electron chi connectivity index (χ3n) is 4.08. The Labute approximate surface area is 145 Å². The van der Waals surface area contributed by atoms with Gasteiger partial charge in [-0.15, -0.1) is 0 Å². The smallest absolute Gasteiger partial charge is 0.345 e. The van der Waals surface area contributed by atoms with E-state index in [1.165, 1.54) is 10.6 Å². The van der Waals surface area contributed by atoms with Gasteiger partial charge in [-0.2, -0.15) is 0 Å². The van der Waals surface area contributed by atoms with Crippen LogP contribution < -0.4 is 5.56 Å². The minimum atomic E-state index is -0.640. The SMILES string of the molecule is CCOC(=O)c1cnc2n(CCCN(C)C)c3ccccc3n2c1=O. The highest BCUT2D eigenvalue weighted by Crippen LogP contribution is 2.19. The van der Waals surface area contributed by atoms with E-state index in [1.807, 2.05) is 42.9 Å². The molecule has 0 saturated carbocycles. The average molecular weight is 342 g/mol. The second kappa shape index (κ2) is 7.06. The highest BCUT2D eigenvalue weighted by Gasteiger charge is 2.19. The van der Waals surface area contributed by atoms with E-state index in [9.17, 15) is 9.59 Å². The average Bonchev–Trinajstić information content (AvgIpc) is 2.90. The van der Waals surface area contributed by atoms with Gasteiger partial charge in [-0.3, -0.25) is 4.79 Å². The quantitative estimate of drug-likeness (QED) is 0.639. The third-order valence-corrected chi connectivity index (χ3v) is 4.08. The van der Waals surface area contributed by atoms with Crippen molar-refractivity contribution in [1.29, 1.82) is 0 Å². The molecule has 0 aliphatic rings. The van der Waals surface area contributed by atoms with E-state index < -0.39 is 11.5 Å². The van der Waals surface area contributed by atoms with E-state index in [1.54, 1.807) is 6.92 Å². The van der Waals surface area contributed by atoms with Crippen LogP contribution in [-0.2, 0) is 11.3 Å². The van der Waals surface area contributed by atoms with Crippen LogP contribution in [0.15, 0.2) is 35.3 Å². The van der Waals surface area contributed by atoms with Crippen molar-refractivity contribution in [2.24, 2.45) is 0 Å². The zero-order valence-corrected chi connectivity index (χ0v) is 14.7. The number of rotatable bonds is 6. The van der Waals surface area contributed by atoms with Crippen molar-refractivity contribution in [2.75, 3.05) is 27.2 Å². The number of aryl methyl sites for hydroxylation is 1. The Hall–Kier alpha value is -2.67. The van der Waals surface area contributed by atoms with Crippen LogP contribution in [0.4, 0.5) is 0 Å². The highest BCUT2D eigenvalue weighted by molar-refractivity contribution is 5.90. The number of carbonyl (C=O) groups is 1. The van der Waals surface area contributed by atoms with Gasteiger partial charge in [-0.05, 0) is 46.1 Å². The molecule has 7 heteroatoms. The molecular weight excluding hydrogens is 320 g/mol. The Bertz CT molecular complexity index is 972. The van der Waals surface area contributed by atoms with E-state index in [-0.39, 0.29) is 12.2 Å². The topological polar surface area (TPSA) is 68.8 Å². The van der Waals surface area contributed by atoms with Gasteiger partial charge in [0.15, 0.2) is 0 Å². The number of esters is 1. The van der Waals surface area contributed by atoms with Crippen LogP contribution in [-0.4, -0.2) is 52.1 Å². The third kappa shape index (κ3) is 3.15. The lowest BCUT2D eigenvalue weighted by Gasteiger charge is -2.10. The summed E-state index contributed by atoms with van der Waals surface area (Å²) in [6.45, 7) is 3.59. The largest absolute Gasteiger partial charge is 0.462 e. The van der Waals surface area contributed by atoms with Crippen LogP contribution >= 0.6 is 0 Å².